The summed E-state index contributed by atoms with van der Waals surface area (Å²) < 4.78 is 23.7. The molecule has 61 heavy (non-hydrogen) atoms. The second-order valence-electron chi connectivity index (χ2n) is 17.3. The van der Waals surface area contributed by atoms with E-state index in [0.717, 1.165) is 38.5 Å². The summed E-state index contributed by atoms with van der Waals surface area (Å²) in [5.41, 5.74) is 6.34. The summed E-state index contributed by atoms with van der Waals surface area (Å²) in [5, 5.41) is 33.6. The van der Waals surface area contributed by atoms with E-state index in [4.69, 9.17) is 19.9 Å². The number of nitrogens with two attached hydrogens (primary N) is 1. The Morgan fingerprint density at radius 1 is 0.738 bits per heavy atom. The first-order valence-corrected chi connectivity index (χ1v) is 26.0. The van der Waals surface area contributed by atoms with Crippen LogP contribution < -0.4 is 11.1 Å². The Bertz CT molecular complexity index is 1260. The van der Waals surface area contributed by atoms with Gasteiger partial charge in [-0.25, -0.2) is 4.57 Å². The Morgan fingerprint density at radius 3 is 1.89 bits per heavy atom. The number of allylic oxidation sites excluding steroid dienone is 7. The quantitative estimate of drug-likeness (QED) is 0.0113. The number of amides is 1. The number of thioether (sulfide) groups is 1. The molecule has 7 N–H and O–H groups in total. The molecule has 1 unspecified atom stereocenters. The van der Waals surface area contributed by atoms with Crippen molar-refractivity contribution in [2.45, 2.75) is 191 Å². The Morgan fingerprint density at radius 2 is 1.30 bits per heavy atom. The lowest BCUT2D eigenvalue weighted by Crippen LogP contribution is -2.52. The second-order valence-corrected chi connectivity index (χ2v) is 20.0. The number of carboxylic acids is 1. The number of carbonyl (C=O) groups is 2. The van der Waals surface area contributed by atoms with E-state index in [0.29, 0.717) is 23.9 Å². The third kappa shape index (κ3) is 38.4. The molecule has 0 aliphatic heterocycles. The molecule has 0 aliphatic rings. The lowest BCUT2D eigenvalue weighted by atomic mass is 10.0. The average Bonchev–Trinajstić information content (AvgIpc) is 3.19. The molecule has 0 saturated carbocycles. The van der Waals surface area contributed by atoms with Crippen LogP contribution in [0.25, 0.3) is 0 Å². The average molecular weight is 903 g/mol. The van der Waals surface area contributed by atoms with E-state index in [1.807, 2.05) is 51.5 Å². The molecule has 0 heterocycles. The first-order valence-electron chi connectivity index (χ1n) is 23.4. The highest BCUT2D eigenvalue weighted by Gasteiger charge is 2.30. The van der Waals surface area contributed by atoms with Crippen molar-refractivity contribution in [3.8, 4) is 0 Å². The zero-order valence-electron chi connectivity index (χ0n) is 38.8. The number of aliphatic hydroxyl groups excluding tert-OH is 2. The molecule has 0 saturated heterocycles. The van der Waals surface area contributed by atoms with Crippen LogP contribution in [0, 0.1) is 0 Å². The summed E-state index contributed by atoms with van der Waals surface area (Å²) in [7, 11) is 1.31. The minimum absolute atomic E-state index is 0.0148. The molecule has 14 heteroatoms. The van der Waals surface area contributed by atoms with Crippen LogP contribution in [-0.4, -0.2) is 113 Å². The van der Waals surface area contributed by atoms with E-state index < -0.39 is 55.8 Å². The van der Waals surface area contributed by atoms with E-state index >= 15 is 0 Å². The van der Waals surface area contributed by atoms with Crippen LogP contribution in [0.3, 0.4) is 0 Å². The first kappa shape index (κ1) is 59.2. The maximum Gasteiger partial charge on any atom is 0.472 e. The van der Waals surface area contributed by atoms with E-state index in [-0.39, 0.29) is 25.2 Å². The largest absolute Gasteiger partial charge is 0.481 e. The van der Waals surface area contributed by atoms with Crippen molar-refractivity contribution in [2.75, 3.05) is 46.7 Å². The summed E-state index contributed by atoms with van der Waals surface area (Å²) >= 11 is 1.27. The fourth-order valence-corrected chi connectivity index (χ4v) is 8.28. The molecule has 0 aromatic heterocycles. The van der Waals surface area contributed by atoms with Gasteiger partial charge in [-0.15, -0.1) is 11.8 Å². The highest BCUT2D eigenvalue weighted by molar-refractivity contribution is 8.00. The number of hydrogen-bond donors (Lipinski definition) is 6. The lowest BCUT2D eigenvalue weighted by molar-refractivity contribution is -0.870. The van der Waals surface area contributed by atoms with Crippen molar-refractivity contribution in [1.82, 2.24) is 5.32 Å². The predicted molar refractivity (Wildman–Crippen MR) is 255 cm³/mol. The van der Waals surface area contributed by atoms with Gasteiger partial charge in [0.1, 0.15) is 13.2 Å². The monoisotopic (exact) mass is 903 g/mol. The van der Waals surface area contributed by atoms with Crippen molar-refractivity contribution >= 4 is 31.5 Å². The second kappa shape index (κ2) is 38.6. The minimum atomic E-state index is -4.47. The molecule has 0 rings (SSSR count). The van der Waals surface area contributed by atoms with Crippen LogP contribution >= 0.6 is 19.6 Å². The van der Waals surface area contributed by atoms with Gasteiger partial charge in [-0.05, 0) is 38.5 Å². The normalized spacial score (nSPS) is 16.1. The Hall–Kier alpha value is -1.80. The molecule has 0 fully saturated rings. The highest BCUT2D eigenvalue weighted by atomic mass is 32.2. The number of hydrogen-bond acceptors (Lipinski definition) is 9. The maximum absolute atomic E-state index is 13.4. The van der Waals surface area contributed by atoms with Gasteiger partial charge in [-0.1, -0.05) is 165 Å². The van der Waals surface area contributed by atoms with Gasteiger partial charge in [0.25, 0.3) is 0 Å². The van der Waals surface area contributed by atoms with Crippen LogP contribution in [0.4, 0.5) is 0 Å². The summed E-state index contributed by atoms with van der Waals surface area (Å²) in [5.74, 6) is -1.40. The Kier molecular flexibility index (Phi) is 37.5. The highest BCUT2D eigenvalue weighted by Crippen LogP contribution is 2.43. The third-order valence-electron chi connectivity index (χ3n) is 10.3. The Labute approximate surface area is 375 Å². The third-order valence-corrected chi connectivity index (χ3v) is 12.7. The summed E-state index contributed by atoms with van der Waals surface area (Å²) in [4.78, 5) is 34.9. The SMILES string of the molecule is CCCCC/C=C\C\C=C/C=C/C=C/[C@@H](SC[C@H](N)C(=O)N[C@@H](COP(=O)(O)OCC[N+](C)(C)C)[C@H](O)CCCCCCCCCCCCCCCC)[C@@H](O)CCCC(=O)O. The number of unbranched alkanes of at least 4 members (excludes halogenated alkanes) is 16. The van der Waals surface area contributed by atoms with Crippen molar-refractivity contribution < 1.29 is 47.9 Å². The number of nitrogens with zero attached hydrogens (tertiary/aromatic N) is 1. The van der Waals surface area contributed by atoms with E-state index in [2.05, 4.69) is 37.4 Å². The molecule has 6 atom stereocenters. The molecule has 0 aromatic rings. The fraction of sp³-hybridized carbons (Fsp3) is 0.787. The van der Waals surface area contributed by atoms with E-state index in [9.17, 15) is 29.3 Å². The number of nitrogens with one attached hydrogen (secondary N) is 1. The topological polar surface area (TPSA) is 189 Å². The predicted octanol–water partition coefficient (Wildman–Crippen LogP) is 9.78. The summed E-state index contributed by atoms with van der Waals surface area (Å²) in [6, 6.07) is -2.06. The molecular weight excluding hydrogens is 814 g/mol. The smallest absolute Gasteiger partial charge is 0.472 e. The molecule has 0 aromatic carbocycles. The van der Waals surface area contributed by atoms with Crippen LogP contribution in [0.15, 0.2) is 48.6 Å². The van der Waals surface area contributed by atoms with E-state index in [1.165, 1.54) is 95.2 Å². The van der Waals surface area contributed by atoms with Gasteiger partial charge >= 0.3 is 13.8 Å². The van der Waals surface area contributed by atoms with Crippen LogP contribution in [0.5, 0.6) is 0 Å². The zero-order chi connectivity index (χ0) is 45.6. The van der Waals surface area contributed by atoms with Gasteiger partial charge in [0.15, 0.2) is 0 Å². The standard InChI is InChI=1S/C47H88N3O9PS/c1-6-8-10-12-14-16-18-20-21-22-24-26-28-30-33-43(51)42(39-59-60(56,57)58-38-37-50(3,4)5)49-47(55)41(48)40-61-45(44(52)34-32-36-46(53)54)35-31-29-27-25-23-19-17-15-13-11-9-7-2/h15,17,23,25,27,29,31,35,41-45,51-52H,6-14,16,18-22,24,26,28,30,32-34,36-40,48H2,1-5H3,(H2-,49,53,54,55,56,57)/p+1/b17-15-,25-23-,29-27+,35-31+/t41-,42-,43+,44-,45+/m0/s1. The molecule has 0 spiro atoms. The van der Waals surface area contributed by atoms with Gasteiger partial charge < -0.3 is 35.7 Å². The number of rotatable bonds is 42. The minimum Gasteiger partial charge on any atom is -0.481 e. The summed E-state index contributed by atoms with van der Waals surface area (Å²) in [6.45, 7) is 4.44. The van der Waals surface area contributed by atoms with Gasteiger partial charge in [0.2, 0.25) is 5.91 Å². The lowest BCUT2D eigenvalue weighted by Gasteiger charge is -2.27. The number of phosphoric acid groups is 1. The maximum atomic E-state index is 13.4. The zero-order valence-corrected chi connectivity index (χ0v) is 40.5. The van der Waals surface area contributed by atoms with Crippen LogP contribution in [0.2, 0.25) is 0 Å². The molecule has 1 amide bonds. The van der Waals surface area contributed by atoms with Crippen molar-refractivity contribution in [3.63, 3.8) is 0 Å². The van der Waals surface area contributed by atoms with Crippen molar-refractivity contribution in [1.29, 1.82) is 0 Å². The molecule has 0 bridgehead atoms. The number of carbonyl (C=O) groups excluding carboxylic acids is 1. The summed E-state index contributed by atoms with van der Waals surface area (Å²) in [6.07, 6.45) is 37.1. The number of carboxylic acid groups (broad SMARTS) is 1. The molecule has 0 radical (unpaired) electrons. The van der Waals surface area contributed by atoms with Crippen molar-refractivity contribution in [2.24, 2.45) is 5.73 Å². The Balaban J connectivity index is 5.34. The molecule has 0 aliphatic carbocycles. The van der Waals surface area contributed by atoms with Crippen molar-refractivity contribution in [3.05, 3.63) is 48.6 Å². The molecule has 12 nitrogen and oxygen atoms in total. The number of aliphatic carboxylic acids is 1. The molecular formula is C47H89N3O9PS+. The number of quaternary nitrogens is 1. The van der Waals surface area contributed by atoms with Gasteiger partial charge in [-0.2, -0.15) is 0 Å². The van der Waals surface area contributed by atoms with Crippen LogP contribution in [-0.2, 0) is 23.2 Å². The molecule has 356 valence electrons. The van der Waals surface area contributed by atoms with Gasteiger partial charge in [0.05, 0.1) is 52.0 Å². The number of likely N-dealkylation sites (N-methyl/N-ethyl adjacent to an activating group) is 1. The first-order chi connectivity index (χ1) is 29.1. The van der Waals surface area contributed by atoms with Gasteiger partial charge in [0, 0.05) is 17.4 Å². The van der Waals surface area contributed by atoms with Gasteiger partial charge in [-0.3, -0.25) is 18.6 Å². The number of phosphoric ester groups is 1. The fourth-order valence-electron chi connectivity index (χ4n) is 6.41. The van der Waals surface area contributed by atoms with E-state index in [1.54, 1.807) is 0 Å². The number of aliphatic hydroxyl groups is 2. The van der Waals surface area contributed by atoms with Crippen LogP contribution in [0.1, 0.15) is 162 Å².